The second-order valence-corrected chi connectivity index (χ2v) is 3.66. The molecular formula is C12H22. The van der Waals surface area contributed by atoms with Crippen LogP contribution in [0.2, 0.25) is 0 Å². The van der Waals surface area contributed by atoms with Crippen molar-refractivity contribution in [1.82, 2.24) is 0 Å². The summed E-state index contributed by atoms with van der Waals surface area (Å²) < 4.78 is 0. The molecule has 0 saturated carbocycles. The lowest BCUT2D eigenvalue weighted by Gasteiger charge is -2.32. The molecule has 0 aromatic rings. The molecule has 0 saturated heterocycles. The molecule has 70 valence electrons. The van der Waals surface area contributed by atoms with Crippen LogP contribution in [0.3, 0.4) is 0 Å². The van der Waals surface area contributed by atoms with Crippen molar-refractivity contribution in [3.05, 3.63) is 24.8 Å². The van der Waals surface area contributed by atoms with Gasteiger partial charge in [0.05, 0.1) is 0 Å². The quantitative estimate of drug-likeness (QED) is 0.515. The predicted octanol–water partition coefficient (Wildman–Crippen LogP) is 4.34. The molecule has 0 heterocycles. The van der Waals surface area contributed by atoms with Crippen molar-refractivity contribution in [1.29, 1.82) is 0 Å². The Kier molecular flexibility index (Phi) is 4.96. The minimum Gasteiger partial charge on any atom is -0.103 e. The molecule has 0 radical (unpaired) electrons. The van der Waals surface area contributed by atoms with Crippen LogP contribution in [-0.4, -0.2) is 0 Å². The summed E-state index contributed by atoms with van der Waals surface area (Å²) in [7, 11) is 0. The lowest BCUT2D eigenvalue weighted by molar-refractivity contribution is 0.314. The highest BCUT2D eigenvalue weighted by Gasteiger charge is 2.25. The molecule has 1 atom stereocenters. The summed E-state index contributed by atoms with van der Waals surface area (Å²) in [6.45, 7) is 14.5. The highest BCUT2D eigenvalue weighted by atomic mass is 14.3. The SMILES string of the molecule is C=CCC(CC)(CCC)C(=C)C. The van der Waals surface area contributed by atoms with Crippen LogP contribution in [0.1, 0.15) is 46.5 Å². The zero-order valence-corrected chi connectivity index (χ0v) is 8.82. The average Bonchev–Trinajstić information content (AvgIpc) is 2.03. The van der Waals surface area contributed by atoms with E-state index in [2.05, 4.69) is 33.9 Å². The van der Waals surface area contributed by atoms with E-state index in [9.17, 15) is 0 Å². The van der Waals surface area contributed by atoms with Gasteiger partial charge < -0.3 is 0 Å². The highest BCUT2D eigenvalue weighted by Crippen LogP contribution is 2.38. The average molecular weight is 166 g/mol. The minimum absolute atomic E-state index is 0.330. The van der Waals surface area contributed by atoms with Crippen LogP contribution in [0.15, 0.2) is 24.8 Å². The molecule has 0 bridgehead atoms. The second-order valence-electron chi connectivity index (χ2n) is 3.66. The molecule has 12 heavy (non-hydrogen) atoms. The van der Waals surface area contributed by atoms with Crippen molar-refractivity contribution in [2.45, 2.75) is 46.5 Å². The van der Waals surface area contributed by atoms with Gasteiger partial charge in [-0.25, -0.2) is 0 Å². The summed E-state index contributed by atoms with van der Waals surface area (Å²) in [5.41, 5.74) is 1.64. The molecule has 0 aliphatic carbocycles. The normalized spacial score (nSPS) is 15.2. The van der Waals surface area contributed by atoms with Crippen molar-refractivity contribution in [2.75, 3.05) is 0 Å². The van der Waals surface area contributed by atoms with Gasteiger partial charge in [-0.05, 0) is 31.6 Å². The van der Waals surface area contributed by atoms with Crippen LogP contribution in [0.5, 0.6) is 0 Å². The third-order valence-electron chi connectivity index (χ3n) is 2.85. The van der Waals surface area contributed by atoms with Gasteiger partial charge in [0.1, 0.15) is 0 Å². The molecule has 0 aliphatic heterocycles. The minimum atomic E-state index is 0.330. The first-order valence-electron chi connectivity index (χ1n) is 4.89. The van der Waals surface area contributed by atoms with Crippen molar-refractivity contribution in [3.8, 4) is 0 Å². The Morgan fingerprint density at radius 2 is 2.00 bits per heavy atom. The summed E-state index contributed by atoms with van der Waals surface area (Å²) >= 11 is 0. The first-order chi connectivity index (χ1) is 5.63. The van der Waals surface area contributed by atoms with E-state index in [1.54, 1.807) is 0 Å². The largest absolute Gasteiger partial charge is 0.103 e. The topological polar surface area (TPSA) is 0 Å². The third-order valence-corrected chi connectivity index (χ3v) is 2.85. The van der Waals surface area contributed by atoms with Crippen molar-refractivity contribution < 1.29 is 0 Å². The van der Waals surface area contributed by atoms with Crippen LogP contribution in [0.4, 0.5) is 0 Å². The fourth-order valence-electron chi connectivity index (χ4n) is 1.87. The molecule has 1 unspecified atom stereocenters. The predicted molar refractivity (Wildman–Crippen MR) is 57.3 cm³/mol. The van der Waals surface area contributed by atoms with E-state index in [1.807, 2.05) is 6.08 Å². The number of allylic oxidation sites excluding steroid dienone is 2. The van der Waals surface area contributed by atoms with Crippen LogP contribution >= 0.6 is 0 Å². The molecular weight excluding hydrogens is 144 g/mol. The summed E-state index contributed by atoms with van der Waals surface area (Å²) in [6, 6.07) is 0. The lowest BCUT2D eigenvalue weighted by Crippen LogP contribution is -2.19. The standard InChI is InChI=1S/C12H22/c1-6-9-12(8-3,10-7-2)11(4)5/h6H,1,4,7-10H2,2-3,5H3. The fraction of sp³-hybridized carbons (Fsp3) is 0.667. The molecule has 0 aromatic heterocycles. The number of hydrogen-bond acceptors (Lipinski definition) is 0. The Hall–Kier alpha value is -0.520. The Labute approximate surface area is 77.4 Å². The second kappa shape index (κ2) is 5.18. The van der Waals surface area contributed by atoms with Crippen LogP contribution in [0.25, 0.3) is 0 Å². The third kappa shape index (κ3) is 2.51. The molecule has 0 fully saturated rings. The van der Waals surface area contributed by atoms with Gasteiger partial charge in [-0.15, -0.1) is 6.58 Å². The van der Waals surface area contributed by atoms with E-state index in [0.29, 0.717) is 5.41 Å². The Bertz CT molecular complexity index is 155. The molecule has 0 spiro atoms. The smallest absolute Gasteiger partial charge is 0.00619 e. The first-order valence-corrected chi connectivity index (χ1v) is 4.89. The van der Waals surface area contributed by atoms with Crippen LogP contribution < -0.4 is 0 Å². The molecule has 0 heteroatoms. The summed E-state index contributed by atoms with van der Waals surface area (Å²) in [4.78, 5) is 0. The summed E-state index contributed by atoms with van der Waals surface area (Å²) in [5, 5.41) is 0. The molecule has 0 aromatic carbocycles. The van der Waals surface area contributed by atoms with Gasteiger partial charge in [0.25, 0.3) is 0 Å². The highest BCUT2D eigenvalue weighted by molar-refractivity contribution is 5.09. The van der Waals surface area contributed by atoms with E-state index in [1.165, 1.54) is 24.8 Å². The van der Waals surface area contributed by atoms with Crippen molar-refractivity contribution >= 4 is 0 Å². The van der Waals surface area contributed by atoms with E-state index < -0.39 is 0 Å². The van der Waals surface area contributed by atoms with Gasteiger partial charge in [0.2, 0.25) is 0 Å². The van der Waals surface area contributed by atoms with Gasteiger partial charge in [-0.1, -0.05) is 38.5 Å². The molecule has 0 rings (SSSR count). The Morgan fingerprint density at radius 1 is 1.42 bits per heavy atom. The fourth-order valence-corrected chi connectivity index (χ4v) is 1.87. The van der Waals surface area contributed by atoms with E-state index in [-0.39, 0.29) is 0 Å². The Balaban J connectivity index is 4.49. The zero-order valence-electron chi connectivity index (χ0n) is 8.82. The monoisotopic (exact) mass is 166 g/mol. The maximum absolute atomic E-state index is 4.09. The Morgan fingerprint density at radius 3 is 2.25 bits per heavy atom. The molecule has 0 nitrogen and oxygen atoms in total. The van der Waals surface area contributed by atoms with Gasteiger partial charge in [0.15, 0.2) is 0 Å². The molecule has 0 aliphatic rings. The molecule has 0 N–H and O–H groups in total. The summed E-state index contributed by atoms with van der Waals surface area (Å²) in [6.07, 6.45) is 6.75. The van der Waals surface area contributed by atoms with Crippen molar-refractivity contribution in [2.24, 2.45) is 5.41 Å². The maximum Gasteiger partial charge on any atom is -0.00619 e. The lowest BCUT2D eigenvalue weighted by atomic mass is 9.73. The number of hydrogen-bond donors (Lipinski definition) is 0. The first kappa shape index (κ1) is 11.5. The van der Waals surface area contributed by atoms with E-state index >= 15 is 0 Å². The van der Waals surface area contributed by atoms with Crippen LogP contribution in [0, 0.1) is 5.41 Å². The number of rotatable bonds is 6. The van der Waals surface area contributed by atoms with E-state index in [4.69, 9.17) is 0 Å². The van der Waals surface area contributed by atoms with Gasteiger partial charge in [-0.2, -0.15) is 0 Å². The van der Waals surface area contributed by atoms with Gasteiger partial charge in [0, 0.05) is 0 Å². The van der Waals surface area contributed by atoms with Gasteiger partial charge >= 0.3 is 0 Å². The van der Waals surface area contributed by atoms with Gasteiger partial charge in [-0.3, -0.25) is 0 Å². The van der Waals surface area contributed by atoms with Crippen LogP contribution in [-0.2, 0) is 0 Å². The maximum atomic E-state index is 4.09. The molecule has 0 amide bonds. The van der Waals surface area contributed by atoms with Crippen molar-refractivity contribution in [3.63, 3.8) is 0 Å². The summed E-state index contributed by atoms with van der Waals surface area (Å²) in [5.74, 6) is 0. The van der Waals surface area contributed by atoms with E-state index in [0.717, 1.165) is 6.42 Å². The zero-order chi connectivity index (χ0) is 9.61.